The van der Waals surface area contributed by atoms with Gasteiger partial charge >= 0.3 is 12.4 Å². The first-order valence-electron chi connectivity index (χ1n) is 14.4. The predicted molar refractivity (Wildman–Crippen MR) is 152 cm³/mol. The smallest absolute Gasteiger partial charge is 0.416 e. The van der Waals surface area contributed by atoms with Crippen LogP contribution in [0.15, 0.2) is 53.1 Å². The third-order valence-corrected chi connectivity index (χ3v) is 8.42. The molecule has 0 spiro atoms. The Balaban J connectivity index is 1.67. The lowest BCUT2D eigenvalue weighted by atomic mass is 9.68. The van der Waals surface area contributed by atoms with Gasteiger partial charge in [0.15, 0.2) is 11.6 Å². The van der Waals surface area contributed by atoms with Gasteiger partial charge in [0, 0.05) is 13.0 Å². The van der Waals surface area contributed by atoms with Crippen LogP contribution < -0.4 is 4.90 Å². The molecule has 1 aliphatic heterocycles. The first-order valence-corrected chi connectivity index (χ1v) is 14.4. The fourth-order valence-electron chi connectivity index (χ4n) is 6.27. The number of allylic oxidation sites excluding steroid dienone is 1. The van der Waals surface area contributed by atoms with E-state index < -0.39 is 83.0 Å². The highest BCUT2D eigenvalue weighted by Gasteiger charge is 2.55. The number of hydrogen-bond acceptors (Lipinski definition) is 6. The summed E-state index contributed by atoms with van der Waals surface area (Å²) in [6.07, 6.45) is -9.36. The van der Waals surface area contributed by atoms with E-state index in [9.17, 15) is 55.6 Å². The molecule has 2 amide bonds. The van der Waals surface area contributed by atoms with Crippen molar-refractivity contribution in [2.24, 2.45) is 17.8 Å². The molecule has 2 aromatic rings. The van der Waals surface area contributed by atoms with Crippen molar-refractivity contribution in [3.63, 3.8) is 0 Å². The van der Waals surface area contributed by atoms with Crippen LogP contribution in [0.3, 0.4) is 0 Å². The lowest BCUT2D eigenvalue weighted by molar-refractivity contribution is -0.143. The highest BCUT2D eigenvalue weighted by molar-refractivity contribution is 6.22. The number of aromatic hydroxyl groups is 1. The summed E-state index contributed by atoms with van der Waals surface area (Å²) in [7, 11) is 1.33. The number of ether oxygens (including phenoxy) is 1. The fourth-order valence-corrected chi connectivity index (χ4v) is 6.27. The van der Waals surface area contributed by atoms with Crippen molar-refractivity contribution in [3.8, 4) is 5.75 Å². The Morgan fingerprint density at radius 3 is 2.20 bits per heavy atom. The number of aliphatic hydroxyl groups excluding tert-OH is 2. The maximum atomic E-state index is 13.8. The number of amides is 2. The number of anilines is 1. The summed E-state index contributed by atoms with van der Waals surface area (Å²) >= 11 is 0. The second kappa shape index (κ2) is 13.5. The van der Waals surface area contributed by atoms with E-state index in [0.29, 0.717) is 34.6 Å². The lowest BCUT2D eigenvalue weighted by Gasteiger charge is -2.36. The van der Waals surface area contributed by atoms with E-state index in [-0.39, 0.29) is 37.5 Å². The monoisotopic (exact) mass is 659 g/mol. The molecule has 7 nitrogen and oxygen atoms in total. The molecule has 1 heterocycles. The van der Waals surface area contributed by atoms with Gasteiger partial charge in [-0.15, -0.1) is 0 Å². The van der Waals surface area contributed by atoms with Crippen LogP contribution in [0, 0.1) is 23.6 Å². The Hall–Kier alpha value is -3.75. The summed E-state index contributed by atoms with van der Waals surface area (Å²) in [4.78, 5) is 27.5. The molecule has 4 rings (SSSR count). The average Bonchev–Trinajstić information content (AvgIpc) is 3.23. The van der Waals surface area contributed by atoms with Crippen molar-refractivity contribution >= 4 is 23.6 Å². The topological polar surface area (TPSA) is 107 Å². The summed E-state index contributed by atoms with van der Waals surface area (Å²) in [5.41, 5.74) is -2.46. The van der Waals surface area contributed by atoms with Gasteiger partial charge in [-0.05, 0) is 72.7 Å². The summed E-state index contributed by atoms with van der Waals surface area (Å²) in [6.45, 7) is 0.952. The molecule has 0 unspecified atom stereocenters. The molecule has 1 aliphatic carbocycles. The molecular weight excluding hydrogens is 627 g/mol. The number of aliphatic hydroxyl groups is 2. The Morgan fingerprint density at radius 2 is 1.67 bits per heavy atom. The third-order valence-electron chi connectivity index (χ3n) is 8.42. The van der Waals surface area contributed by atoms with Crippen LogP contribution in [0.2, 0.25) is 0 Å². The minimum atomic E-state index is -5.21. The normalized spacial score (nSPS) is 21.7. The molecule has 0 bridgehead atoms. The number of benzene rings is 2. The van der Waals surface area contributed by atoms with Gasteiger partial charge in [0.2, 0.25) is 11.8 Å². The molecule has 14 heteroatoms. The first kappa shape index (κ1) is 35.1. The van der Waals surface area contributed by atoms with Gasteiger partial charge in [0.05, 0.1) is 48.0 Å². The second-order valence-electron chi connectivity index (χ2n) is 11.3. The molecule has 0 radical (unpaired) electrons. The lowest BCUT2D eigenvalue weighted by Crippen LogP contribution is -2.39. The molecule has 4 atom stereocenters. The van der Waals surface area contributed by atoms with Crippen molar-refractivity contribution < 1.29 is 60.4 Å². The van der Waals surface area contributed by atoms with E-state index in [1.54, 1.807) is 6.08 Å². The second-order valence-corrected chi connectivity index (χ2v) is 11.3. The summed E-state index contributed by atoms with van der Waals surface area (Å²) < 4.78 is 100. The van der Waals surface area contributed by atoms with Gasteiger partial charge < -0.3 is 20.1 Å². The number of carbonyl (C=O) groups excluding carboxylic acids is 2. The largest absolute Gasteiger partial charge is 0.505 e. The van der Waals surface area contributed by atoms with Crippen molar-refractivity contribution in [3.05, 3.63) is 75.6 Å². The molecule has 2 aliphatic rings. The minimum absolute atomic E-state index is 0.0606. The fraction of sp³-hybridized carbons (Fsp3) is 0.438. The third kappa shape index (κ3) is 7.13. The zero-order valence-electron chi connectivity index (χ0n) is 24.8. The zero-order valence-corrected chi connectivity index (χ0v) is 24.8. The predicted octanol–water partition coefficient (Wildman–Crippen LogP) is 6.26. The summed E-state index contributed by atoms with van der Waals surface area (Å²) in [5.74, 6) is -7.23. The number of carbonyl (C=O) groups is 2. The first-order chi connectivity index (χ1) is 21.5. The number of phenols is 1. The van der Waals surface area contributed by atoms with E-state index in [1.807, 2.05) is 6.92 Å². The molecule has 2 aromatic carbocycles. The van der Waals surface area contributed by atoms with Gasteiger partial charge in [-0.2, -0.15) is 26.3 Å². The van der Waals surface area contributed by atoms with Gasteiger partial charge in [0.25, 0.3) is 0 Å². The number of alkyl halides is 6. The van der Waals surface area contributed by atoms with Crippen molar-refractivity contribution in [2.75, 3.05) is 25.2 Å². The quantitative estimate of drug-likeness (QED) is 0.158. The van der Waals surface area contributed by atoms with Crippen molar-refractivity contribution in [1.29, 1.82) is 0 Å². The average molecular weight is 660 g/mol. The van der Waals surface area contributed by atoms with E-state index in [0.717, 1.165) is 11.6 Å². The Kier molecular flexibility index (Phi) is 10.3. The van der Waals surface area contributed by atoms with E-state index in [2.05, 4.69) is 0 Å². The van der Waals surface area contributed by atoms with Gasteiger partial charge in [-0.25, -0.2) is 9.29 Å². The summed E-state index contributed by atoms with van der Waals surface area (Å²) in [5, 5.41) is 31.2. The Labute approximate surface area is 259 Å². The standard InChI is InChI=1S/C32H32F7NO6/c1-3-16(8-17-5-6-25(42)24(33)9-17)4-7-26(43)27-18(15-46-2)10-22-28(23(27)14-41)30(45)40(29(22)44)21-12-19(31(34,35)36)11-20(13-21)32(37,38)39/h5-6,8-9,11-13,22-23,26,28,41-43H,3-4,7,10,14-15H2,1-2H3/b16-8+/t22-,23+,26-,28-/m1/s1. The van der Waals surface area contributed by atoms with Gasteiger partial charge in [-0.1, -0.05) is 24.6 Å². The number of imide groups is 1. The van der Waals surface area contributed by atoms with Crippen LogP contribution in [-0.4, -0.2) is 53.6 Å². The molecular formula is C32H32F7NO6. The van der Waals surface area contributed by atoms with Gasteiger partial charge in [-0.3, -0.25) is 9.59 Å². The van der Waals surface area contributed by atoms with E-state index in [1.165, 1.54) is 19.2 Å². The molecule has 1 saturated heterocycles. The van der Waals surface area contributed by atoms with Crippen LogP contribution in [0.25, 0.3) is 6.08 Å². The van der Waals surface area contributed by atoms with Gasteiger partial charge in [0.1, 0.15) is 0 Å². The van der Waals surface area contributed by atoms with Crippen molar-refractivity contribution in [2.45, 2.75) is 51.1 Å². The number of methoxy groups -OCH3 is 1. The van der Waals surface area contributed by atoms with E-state index in [4.69, 9.17) is 4.74 Å². The molecule has 3 N–H and O–H groups in total. The number of fused-ring (bicyclic) bond motifs is 1. The van der Waals surface area contributed by atoms with Crippen LogP contribution in [0.4, 0.5) is 36.4 Å². The molecule has 0 aromatic heterocycles. The Bertz CT molecular complexity index is 1520. The van der Waals surface area contributed by atoms with E-state index >= 15 is 0 Å². The Morgan fingerprint density at radius 1 is 1.04 bits per heavy atom. The maximum absolute atomic E-state index is 13.8. The number of phenolic OH excluding ortho intramolecular Hbond substituents is 1. The highest BCUT2D eigenvalue weighted by atomic mass is 19.4. The molecule has 1 fully saturated rings. The highest BCUT2D eigenvalue weighted by Crippen LogP contribution is 2.48. The van der Waals surface area contributed by atoms with Crippen LogP contribution in [0.5, 0.6) is 5.75 Å². The maximum Gasteiger partial charge on any atom is 0.416 e. The van der Waals surface area contributed by atoms with Crippen LogP contribution >= 0.6 is 0 Å². The van der Waals surface area contributed by atoms with Crippen LogP contribution in [-0.2, 0) is 26.7 Å². The number of nitrogens with zero attached hydrogens (tertiary/aromatic N) is 1. The van der Waals surface area contributed by atoms with Crippen LogP contribution in [0.1, 0.15) is 49.3 Å². The zero-order chi connectivity index (χ0) is 34.1. The number of hydrogen-bond donors (Lipinski definition) is 3. The molecule has 250 valence electrons. The number of rotatable bonds is 10. The van der Waals surface area contributed by atoms with Crippen molar-refractivity contribution in [1.82, 2.24) is 0 Å². The SMILES string of the molecule is CC/C(=C\c1ccc(O)c(F)c1)CC[C@@H](O)C1=C(COC)C[C@H]2C(=O)N(c3cc(C(F)(F)F)cc(C(F)(F)F)c3)C(=O)[C@H]2[C@H]1CO. The molecule has 46 heavy (non-hydrogen) atoms. The summed E-state index contributed by atoms with van der Waals surface area (Å²) in [6, 6.07) is 4.33. The molecule has 0 saturated carbocycles. The number of halogens is 7. The minimum Gasteiger partial charge on any atom is -0.505 e.